The van der Waals surface area contributed by atoms with Crippen molar-refractivity contribution in [2.75, 3.05) is 34.4 Å². The molecule has 2 aromatic rings. The van der Waals surface area contributed by atoms with E-state index in [2.05, 4.69) is 5.32 Å². The van der Waals surface area contributed by atoms with Crippen molar-refractivity contribution in [1.29, 1.82) is 0 Å². The highest BCUT2D eigenvalue weighted by Crippen LogP contribution is 2.28. The van der Waals surface area contributed by atoms with E-state index in [0.29, 0.717) is 48.7 Å². The van der Waals surface area contributed by atoms with Crippen molar-refractivity contribution in [3.8, 4) is 17.2 Å². The van der Waals surface area contributed by atoms with Gasteiger partial charge in [-0.3, -0.25) is 9.59 Å². The van der Waals surface area contributed by atoms with Crippen LogP contribution in [0, 0.1) is 0 Å². The van der Waals surface area contributed by atoms with Gasteiger partial charge in [-0.2, -0.15) is 0 Å². The lowest BCUT2D eigenvalue weighted by atomic mass is 10.0. The second-order valence-corrected chi connectivity index (χ2v) is 7.22. The largest absolute Gasteiger partial charge is 0.496 e. The number of carbonyl (C=O) groups is 2. The number of ether oxygens (including phenoxy) is 3. The molecule has 0 aromatic heterocycles. The Labute approximate surface area is 182 Å². The number of nitrogens with one attached hydrogen (secondary N) is 1. The van der Waals surface area contributed by atoms with Gasteiger partial charge in [0.05, 0.1) is 21.3 Å². The van der Waals surface area contributed by atoms with Gasteiger partial charge in [0.2, 0.25) is 5.91 Å². The number of piperidine rings is 1. The van der Waals surface area contributed by atoms with Crippen molar-refractivity contribution >= 4 is 17.9 Å². The molecule has 31 heavy (non-hydrogen) atoms. The van der Waals surface area contributed by atoms with Gasteiger partial charge >= 0.3 is 0 Å². The van der Waals surface area contributed by atoms with Gasteiger partial charge in [-0.15, -0.1) is 0 Å². The number of amides is 2. The highest BCUT2D eigenvalue weighted by Gasteiger charge is 2.25. The summed E-state index contributed by atoms with van der Waals surface area (Å²) in [6.45, 7) is 1.16. The number of nitrogens with zero attached hydrogens (tertiary/aromatic N) is 1. The van der Waals surface area contributed by atoms with E-state index >= 15 is 0 Å². The maximum Gasteiger partial charge on any atom is 0.253 e. The van der Waals surface area contributed by atoms with E-state index < -0.39 is 0 Å². The molecular weight excluding hydrogens is 396 g/mol. The zero-order chi connectivity index (χ0) is 22.2. The number of para-hydroxylation sites is 1. The van der Waals surface area contributed by atoms with E-state index in [9.17, 15) is 9.59 Å². The van der Waals surface area contributed by atoms with E-state index in [4.69, 9.17) is 14.2 Å². The summed E-state index contributed by atoms with van der Waals surface area (Å²) >= 11 is 0. The molecule has 0 bridgehead atoms. The molecule has 0 radical (unpaired) electrons. The van der Waals surface area contributed by atoms with Crippen LogP contribution in [0.2, 0.25) is 0 Å². The lowest BCUT2D eigenvalue weighted by molar-refractivity contribution is -0.117. The minimum absolute atomic E-state index is 0.0317. The number of hydrogen-bond acceptors (Lipinski definition) is 5. The van der Waals surface area contributed by atoms with Gasteiger partial charge in [-0.25, -0.2) is 0 Å². The topological polar surface area (TPSA) is 77.1 Å². The normalized spacial score (nSPS) is 14.4. The van der Waals surface area contributed by atoms with Gasteiger partial charge in [0.1, 0.15) is 5.75 Å². The summed E-state index contributed by atoms with van der Waals surface area (Å²) in [5.74, 6) is 1.62. The molecule has 2 amide bonds. The van der Waals surface area contributed by atoms with Crippen molar-refractivity contribution in [2.45, 2.75) is 18.9 Å². The Bertz CT molecular complexity index is 949. The zero-order valence-electron chi connectivity index (χ0n) is 18.1. The van der Waals surface area contributed by atoms with Crippen molar-refractivity contribution < 1.29 is 23.8 Å². The lowest BCUT2D eigenvalue weighted by Crippen LogP contribution is -2.46. The molecule has 1 fully saturated rings. The first-order valence-electron chi connectivity index (χ1n) is 10.2. The van der Waals surface area contributed by atoms with Crippen LogP contribution in [0.4, 0.5) is 0 Å². The van der Waals surface area contributed by atoms with Gasteiger partial charge in [-0.1, -0.05) is 18.2 Å². The molecule has 0 aliphatic carbocycles. The van der Waals surface area contributed by atoms with Crippen molar-refractivity contribution in [3.63, 3.8) is 0 Å². The number of carbonyl (C=O) groups excluding carboxylic acids is 2. The second-order valence-electron chi connectivity index (χ2n) is 7.22. The van der Waals surface area contributed by atoms with Crippen LogP contribution in [-0.4, -0.2) is 57.2 Å². The molecule has 0 spiro atoms. The summed E-state index contributed by atoms with van der Waals surface area (Å²) in [6, 6.07) is 12.7. The Kier molecular flexibility index (Phi) is 7.54. The monoisotopic (exact) mass is 424 g/mol. The van der Waals surface area contributed by atoms with E-state index in [-0.39, 0.29) is 17.9 Å². The molecule has 0 saturated carbocycles. The SMILES string of the molecule is COc1ccccc1/C=C/C(=O)NC1CCN(C(=O)c2ccc(OC)c(OC)c2)CC1. The van der Waals surface area contributed by atoms with Crippen LogP contribution in [0.3, 0.4) is 0 Å². The Hall–Kier alpha value is -3.48. The Morgan fingerprint density at radius 3 is 2.29 bits per heavy atom. The average molecular weight is 424 g/mol. The third kappa shape index (κ3) is 5.57. The molecule has 1 saturated heterocycles. The molecule has 7 heteroatoms. The van der Waals surface area contributed by atoms with Gasteiger partial charge in [0, 0.05) is 36.3 Å². The molecule has 2 aromatic carbocycles. The summed E-state index contributed by atoms with van der Waals surface area (Å²) in [7, 11) is 4.70. The fraction of sp³-hybridized carbons (Fsp3) is 0.333. The fourth-order valence-electron chi connectivity index (χ4n) is 3.60. The molecule has 7 nitrogen and oxygen atoms in total. The van der Waals surface area contributed by atoms with E-state index in [1.54, 1.807) is 50.5 Å². The molecule has 0 atom stereocenters. The predicted octanol–water partition coefficient (Wildman–Crippen LogP) is 3.15. The fourth-order valence-corrected chi connectivity index (χ4v) is 3.60. The highest BCUT2D eigenvalue weighted by molar-refractivity contribution is 5.95. The number of hydrogen-bond donors (Lipinski definition) is 1. The third-order valence-electron chi connectivity index (χ3n) is 5.31. The second kappa shape index (κ2) is 10.5. The molecule has 1 N–H and O–H groups in total. The predicted molar refractivity (Wildman–Crippen MR) is 119 cm³/mol. The first kappa shape index (κ1) is 22.2. The Morgan fingerprint density at radius 2 is 1.61 bits per heavy atom. The summed E-state index contributed by atoms with van der Waals surface area (Å²) in [6.07, 6.45) is 4.66. The minimum Gasteiger partial charge on any atom is -0.496 e. The smallest absolute Gasteiger partial charge is 0.253 e. The lowest BCUT2D eigenvalue weighted by Gasteiger charge is -2.32. The van der Waals surface area contributed by atoms with Gasteiger partial charge in [0.25, 0.3) is 5.91 Å². The molecule has 3 rings (SSSR count). The van der Waals surface area contributed by atoms with Crippen molar-refractivity contribution in [1.82, 2.24) is 10.2 Å². The zero-order valence-corrected chi connectivity index (χ0v) is 18.1. The summed E-state index contributed by atoms with van der Waals surface area (Å²) in [4.78, 5) is 26.9. The van der Waals surface area contributed by atoms with Crippen LogP contribution in [0.25, 0.3) is 6.08 Å². The summed E-state index contributed by atoms with van der Waals surface area (Å²) < 4.78 is 15.8. The number of methoxy groups -OCH3 is 3. The van der Waals surface area contributed by atoms with Crippen LogP contribution in [-0.2, 0) is 4.79 Å². The Balaban J connectivity index is 1.53. The van der Waals surface area contributed by atoms with Crippen molar-refractivity contribution in [3.05, 3.63) is 59.7 Å². The summed E-state index contributed by atoms with van der Waals surface area (Å²) in [5, 5.41) is 3.02. The van der Waals surface area contributed by atoms with E-state index in [1.165, 1.54) is 6.08 Å². The number of benzene rings is 2. The van der Waals surface area contributed by atoms with Crippen LogP contribution in [0.15, 0.2) is 48.5 Å². The van der Waals surface area contributed by atoms with E-state index in [0.717, 1.165) is 5.56 Å². The van der Waals surface area contributed by atoms with Gasteiger partial charge < -0.3 is 24.4 Å². The molecular formula is C24H28N2O5. The first-order chi connectivity index (χ1) is 15.0. The maximum atomic E-state index is 12.8. The molecule has 0 unspecified atom stereocenters. The van der Waals surface area contributed by atoms with Crippen LogP contribution < -0.4 is 19.5 Å². The highest BCUT2D eigenvalue weighted by atomic mass is 16.5. The van der Waals surface area contributed by atoms with Crippen LogP contribution in [0.1, 0.15) is 28.8 Å². The van der Waals surface area contributed by atoms with Gasteiger partial charge in [0.15, 0.2) is 11.5 Å². The van der Waals surface area contributed by atoms with Crippen LogP contribution >= 0.6 is 0 Å². The quantitative estimate of drug-likeness (QED) is 0.691. The third-order valence-corrected chi connectivity index (χ3v) is 5.31. The molecule has 1 aliphatic heterocycles. The Morgan fingerprint density at radius 1 is 0.935 bits per heavy atom. The minimum atomic E-state index is -0.157. The standard InChI is InChI=1S/C24H28N2O5/c1-29-20-7-5-4-6-17(20)9-11-23(27)25-19-12-14-26(15-13-19)24(28)18-8-10-21(30-2)22(16-18)31-3/h4-11,16,19H,12-15H2,1-3H3,(H,25,27)/b11-9+. The summed E-state index contributed by atoms with van der Waals surface area (Å²) in [5.41, 5.74) is 1.40. The van der Waals surface area contributed by atoms with E-state index in [1.807, 2.05) is 24.3 Å². The van der Waals surface area contributed by atoms with Crippen LogP contribution in [0.5, 0.6) is 17.2 Å². The molecule has 1 aliphatic rings. The maximum absolute atomic E-state index is 12.8. The molecule has 1 heterocycles. The van der Waals surface area contributed by atoms with Gasteiger partial charge in [-0.05, 0) is 43.2 Å². The first-order valence-corrected chi connectivity index (χ1v) is 10.2. The number of likely N-dealkylation sites (tertiary alicyclic amines) is 1. The number of rotatable bonds is 7. The van der Waals surface area contributed by atoms with Crippen molar-refractivity contribution in [2.24, 2.45) is 0 Å². The average Bonchev–Trinajstić information content (AvgIpc) is 2.82. The molecule has 164 valence electrons.